The average Bonchev–Trinajstić information content (AvgIpc) is 3.37. The van der Waals surface area contributed by atoms with E-state index in [1.807, 2.05) is 61.5 Å². The molecule has 0 unspecified atom stereocenters. The number of ketones is 1. The summed E-state index contributed by atoms with van der Waals surface area (Å²) in [5, 5.41) is 6.51. The second-order valence-electron chi connectivity index (χ2n) is 9.98. The quantitative estimate of drug-likeness (QED) is 0.165. The Balaban J connectivity index is 1.38. The standard InChI is InChI=1S/C35H29N3O4/c1-23-12-14-25(15-13-23)20-34(41)37-31-18-17-28(21-30(31)35(42)26-8-4-3-5-9-26)36-33(40)19-16-27-22-38(24(2)39)32-11-7-6-10-29(27)32/h3-19,21-22H,20H2,1-2H3,(H,36,40)(H,37,41)/b19-16+. The van der Waals surface area contributed by atoms with Gasteiger partial charge in [0, 0.05) is 47.0 Å². The summed E-state index contributed by atoms with van der Waals surface area (Å²) in [4.78, 5) is 51.3. The van der Waals surface area contributed by atoms with Gasteiger partial charge < -0.3 is 10.6 Å². The van der Waals surface area contributed by atoms with Gasteiger partial charge in [0.05, 0.1) is 17.6 Å². The van der Waals surface area contributed by atoms with E-state index in [1.54, 1.807) is 59.3 Å². The summed E-state index contributed by atoms with van der Waals surface area (Å²) in [5.41, 5.74) is 4.90. The van der Waals surface area contributed by atoms with Gasteiger partial charge in [0.15, 0.2) is 5.78 Å². The van der Waals surface area contributed by atoms with Crippen molar-refractivity contribution in [3.05, 3.63) is 137 Å². The number of nitrogens with zero attached hydrogens (tertiary/aromatic N) is 1. The van der Waals surface area contributed by atoms with E-state index in [0.29, 0.717) is 16.9 Å². The number of aryl methyl sites for hydroxylation is 1. The van der Waals surface area contributed by atoms with Crippen LogP contribution in [-0.2, 0) is 16.0 Å². The first kappa shape index (κ1) is 28.0. The van der Waals surface area contributed by atoms with Crippen molar-refractivity contribution in [2.24, 2.45) is 0 Å². The van der Waals surface area contributed by atoms with Crippen LogP contribution in [0.1, 0.15) is 44.3 Å². The van der Waals surface area contributed by atoms with E-state index in [-0.39, 0.29) is 29.6 Å². The van der Waals surface area contributed by atoms with Crippen LogP contribution in [-0.4, -0.2) is 28.1 Å². The molecule has 0 aliphatic heterocycles. The van der Waals surface area contributed by atoms with E-state index in [9.17, 15) is 19.2 Å². The molecule has 0 bridgehead atoms. The molecule has 5 aromatic rings. The zero-order valence-electron chi connectivity index (χ0n) is 23.3. The van der Waals surface area contributed by atoms with Crippen molar-refractivity contribution in [1.29, 1.82) is 0 Å². The molecule has 0 spiro atoms. The number of carbonyl (C=O) groups excluding carboxylic acids is 4. The van der Waals surface area contributed by atoms with Crippen molar-refractivity contribution < 1.29 is 19.2 Å². The molecule has 5 rings (SSSR count). The molecule has 0 atom stereocenters. The highest BCUT2D eigenvalue weighted by atomic mass is 16.2. The first-order valence-electron chi connectivity index (χ1n) is 13.5. The molecule has 0 fully saturated rings. The largest absolute Gasteiger partial charge is 0.325 e. The smallest absolute Gasteiger partial charge is 0.248 e. The minimum atomic E-state index is -0.413. The molecule has 2 N–H and O–H groups in total. The molecule has 208 valence electrons. The Morgan fingerprint density at radius 1 is 0.810 bits per heavy atom. The Hall–Kier alpha value is -5.56. The first-order valence-corrected chi connectivity index (χ1v) is 13.5. The van der Waals surface area contributed by atoms with E-state index in [0.717, 1.165) is 27.6 Å². The van der Waals surface area contributed by atoms with Crippen molar-refractivity contribution in [1.82, 2.24) is 4.57 Å². The van der Waals surface area contributed by atoms with Crippen LogP contribution in [0.2, 0.25) is 0 Å². The first-order chi connectivity index (χ1) is 20.3. The highest BCUT2D eigenvalue weighted by Crippen LogP contribution is 2.25. The topological polar surface area (TPSA) is 97.3 Å². The van der Waals surface area contributed by atoms with Crippen molar-refractivity contribution in [3.63, 3.8) is 0 Å². The molecule has 1 heterocycles. The predicted molar refractivity (Wildman–Crippen MR) is 166 cm³/mol. The summed E-state index contributed by atoms with van der Waals surface area (Å²) in [5.74, 6) is -1.09. The number of benzene rings is 4. The monoisotopic (exact) mass is 555 g/mol. The van der Waals surface area contributed by atoms with Crippen LogP contribution in [0.25, 0.3) is 17.0 Å². The second-order valence-corrected chi connectivity index (χ2v) is 9.98. The Kier molecular flexibility index (Phi) is 8.20. The van der Waals surface area contributed by atoms with Crippen molar-refractivity contribution >= 4 is 51.9 Å². The molecule has 0 radical (unpaired) electrons. The van der Waals surface area contributed by atoms with Crippen LogP contribution >= 0.6 is 0 Å². The summed E-state index contributed by atoms with van der Waals surface area (Å²) >= 11 is 0. The lowest BCUT2D eigenvalue weighted by atomic mass is 10.0. The van der Waals surface area contributed by atoms with Crippen LogP contribution in [0.5, 0.6) is 0 Å². The van der Waals surface area contributed by atoms with E-state index >= 15 is 0 Å². The maximum atomic E-state index is 13.5. The molecule has 4 aromatic carbocycles. The van der Waals surface area contributed by atoms with E-state index in [4.69, 9.17) is 0 Å². The molecule has 2 amide bonds. The van der Waals surface area contributed by atoms with Crippen molar-refractivity contribution in [3.8, 4) is 0 Å². The zero-order chi connectivity index (χ0) is 29.6. The number of fused-ring (bicyclic) bond motifs is 1. The summed E-state index contributed by atoms with van der Waals surface area (Å²) < 4.78 is 1.54. The third-order valence-corrected chi connectivity index (χ3v) is 6.82. The third-order valence-electron chi connectivity index (χ3n) is 6.82. The molecule has 0 aliphatic rings. The molecular formula is C35H29N3O4. The van der Waals surface area contributed by atoms with Gasteiger partial charge in [-0.2, -0.15) is 0 Å². The number of carbonyl (C=O) groups is 4. The highest BCUT2D eigenvalue weighted by molar-refractivity contribution is 6.15. The SMILES string of the molecule is CC(=O)n1cc(/C=C/C(=O)Nc2ccc(NC(=O)Cc3ccc(C)cc3)c(C(=O)c3ccccc3)c2)c2ccccc21. The van der Waals surface area contributed by atoms with E-state index < -0.39 is 5.91 Å². The van der Waals surface area contributed by atoms with Gasteiger partial charge in [-0.1, -0.05) is 78.4 Å². The van der Waals surface area contributed by atoms with Gasteiger partial charge in [-0.05, 0) is 42.8 Å². The summed E-state index contributed by atoms with van der Waals surface area (Å²) in [6.45, 7) is 3.46. The van der Waals surface area contributed by atoms with Crippen LogP contribution in [0.4, 0.5) is 11.4 Å². The van der Waals surface area contributed by atoms with Crippen molar-refractivity contribution in [2.75, 3.05) is 10.6 Å². The Morgan fingerprint density at radius 3 is 2.26 bits per heavy atom. The molecule has 0 saturated carbocycles. The molecular weight excluding hydrogens is 526 g/mol. The van der Waals surface area contributed by atoms with E-state index in [1.165, 1.54) is 13.0 Å². The molecule has 0 saturated heterocycles. The lowest BCUT2D eigenvalue weighted by Crippen LogP contribution is -2.18. The van der Waals surface area contributed by atoms with Gasteiger partial charge in [-0.15, -0.1) is 0 Å². The number of nitrogens with one attached hydrogen (secondary N) is 2. The number of rotatable bonds is 8. The molecule has 7 heteroatoms. The predicted octanol–water partition coefficient (Wildman–Crippen LogP) is 6.67. The lowest BCUT2D eigenvalue weighted by molar-refractivity contribution is -0.115. The van der Waals surface area contributed by atoms with Crippen molar-refractivity contribution in [2.45, 2.75) is 20.3 Å². The summed E-state index contributed by atoms with van der Waals surface area (Å²) in [6, 6.07) is 28.7. The number of anilines is 2. The fraction of sp³-hybridized carbons (Fsp3) is 0.0857. The maximum absolute atomic E-state index is 13.5. The number of aromatic nitrogens is 1. The van der Waals surface area contributed by atoms with Crippen LogP contribution in [0.3, 0.4) is 0 Å². The number of amides is 2. The normalized spacial score (nSPS) is 11.0. The van der Waals surface area contributed by atoms with Gasteiger partial charge in [0.2, 0.25) is 17.7 Å². The van der Waals surface area contributed by atoms with Crippen LogP contribution in [0.15, 0.2) is 109 Å². The fourth-order valence-electron chi connectivity index (χ4n) is 4.70. The van der Waals surface area contributed by atoms with E-state index in [2.05, 4.69) is 10.6 Å². The third kappa shape index (κ3) is 6.42. The highest BCUT2D eigenvalue weighted by Gasteiger charge is 2.17. The lowest BCUT2D eigenvalue weighted by Gasteiger charge is -2.13. The minimum absolute atomic E-state index is 0.128. The van der Waals surface area contributed by atoms with Gasteiger partial charge in [-0.3, -0.25) is 23.7 Å². The fourth-order valence-corrected chi connectivity index (χ4v) is 4.70. The number of hydrogen-bond acceptors (Lipinski definition) is 4. The maximum Gasteiger partial charge on any atom is 0.248 e. The van der Waals surface area contributed by atoms with Gasteiger partial charge >= 0.3 is 0 Å². The minimum Gasteiger partial charge on any atom is -0.325 e. The number of para-hydroxylation sites is 1. The summed E-state index contributed by atoms with van der Waals surface area (Å²) in [7, 11) is 0. The molecule has 1 aromatic heterocycles. The average molecular weight is 556 g/mol. The Morgan fingerprint density at radius 2 is 1.52 bits per heavy atom. The van der Waals surface area contributed by atoms with Crippen LogP contribution < -0.4 is 10.6 Å². The Bertz CT molecular complexity index is 1830. The zero-order valence-corrected chi connectivity index (χ0v) is 23.3. The molecule has 42 heavy (non-hydrogen) atoms. The van der Waals surface area contributed by atoms with Crippen LogP contribution in [0, 0.1) is 6.92 Å². The summed E-state index contributed by atoms with van der Waals surface area (Å²) in [6.07, 6.45) is 4.87. The second kappa shape index (κ2) is 12.3. The molecule has 0 aliphatic carbocycles. The Labute approximate surface area is 243 Å². The molecule has 7 nitrogen and oxygen atoms in total. The van der Waals surface area contributed by atoms with Gasteiger partial charge in [-0.25, -0.2) is 0 Å². The number of hydrogen-bond donors (Lipinski definition) is 2. The van der Waals surface area contributed by atoms with Gasteiger partial charge in [0.1, 0.15) is 0 Å². The van der Waals surface area contributed by atoms with Gasteiger partial charge in [0.25, 0.3) is 0 Å².